The van der Waals surface area contributed by atoms with Crippen molar-refractivity contribution < 1.29 is 0 Å². The molecule has 2 aromatic rings. The Hall–Kier alpha value is -1.07. The third-order valence-corrected chi connectivity index (χ3v) is 2.64. The van der Waals surface area contributed by atoms with E-state index in [1.54, 1.807) is 19.1 Å². The lowest BCUT2D eigenvalue weighted by atomic mass is 10.2. The average molecular weight is 286 g/mol. The van der Waals surface area contributed by atoms with Gasteiger partial charge in [0.05, 0.1) is 0 Å². The highest BCUT2D eigenvalue weighted by Gasteiger charge is 2.07. The number of hydrogen-bond donors (Lipinski definition) is 0. The van der Waals surface area contributed by atoms with E-state index in [1.165, 1.54) is 0 Å². The lowest BCUT2D eigenvalue weighted by molar-refractivity contribution is 0.815. The smallest absolute Gasteiger partial charge is 0.131 e. The molecule has 0 saturated carbocycles. The van der Waals surface area contributed by atoms with Gasteiger partial charge >= 0.3 is 0 Å². The van der Waals surface area contributed by atoms with Crippen LogP contribution in [-0.4, -0.2) is 20.4 Å². The molecule has 0 amide bonds. The number of rotatable bonds is 1. The molecule has 0 fully saturated rings. The van der Waals surface area contributed by atoms with Crippen molar-refractivity contribution in [2.24, 2.45) is 0 Å². The summed E-state index contributed by atoms with van der Waals surface area (Å²) < 4.78 is 0.822. The van der Waals surface area contributed by atoms with E-state index in [2.05, 4.69) is 36.3 Å². The fourth-order valence-electron chi connectivity index (χ4n) is 1.06. The molecular weight excluding hydrogens is 279 g/mol. The van der Waals surface area contributed by atoms with Crippen LogP contribution < -0.4 is 0 Å². The van der Waals surface area contributed by atoms with E-state index in [0.717, 1.165) is 10.0 Å². The van der Waals surface area contributed by atoms with E-state index >= 15 is 0 Å². The zero-order valence-corrected chi connectivity index (χ0v) is 10.1. The first-order chi connectivity index (χ1) is 7.16. The summed E-state index contributed by atoms with van der Waals surface area (Å²) in [6.45, 7) is 1.74. The molecule has 0 unspecified atom stereocenters. The van der Waals surface area contributed by atoms with Crippen LogP contribution in [0.1, 0.15) is 5.82 Å². The van der Waals surface area contributed by atoms with Crippen LogP contribution in [0.25, 0.3) is 11.4 Å². The van der Waals surface area contributed by atoms with Crippen molar-refractivity contribution in [2.75, 3.05) is 0 Å². The van der Waals surface area contributed by atoms with Gasteiger partial charge < -0.3 is 0 Å². The Bertz CT molecular complexity index is 486. The summed E-state index contributed by atoms with van der Waals surface area (Å²) in [7, 11) is 0. The first-order valence-electron chi connectivity index (χ1n) is 4.16. The zero-order chi connectivity index (χ0) is 10.8. The maximum absolute atomic E-state index is 5.83. The molecule has 0 spiro atoms. The molecule has 76 valence electrons. The van der Waals surface area contributed by atoms with Crippen molar-refractivity contribution in [3.05, 3.63) is 33.5 Å². The van der Waals surface area contributed by atoms with Crippen molar-refractivity contribution in [1.29, 1.82) is 0 Å². The fraction of sp³-hybridized carbons (Fsp3) is 0.111. The molecule has 0 aliphatic carbocycles. The molecule has 1 aromatic heterocycles. The van der Waals surface area contributed by atoms with E-state index in [9.17, 15) is 0 Å². The van der Waals surface area contributed by atoms with Gasteiger partial charge in [-0.3, -0.25) is 0 Å². The normalized spacial score (nSPS) is 10.3. The van der Waals surface area contributed by atoms with Crippen LogP contribution in [0.15, 0.2) is 22.7 Å². The standard InChI is InChI=1S/C9H6BrClN4/c1-5-12-14-9(15-13-5)7-3-2-6(11)4-8(7)10/h2-4H,1H3. The van der Waals surface area contributed by atoms with E-state index in [1.807, 2.05) is 6.07 Å². The average Bonchev–Trinajstić information content (AvgIpc) is 2.20. The molecule has 4 nitrogen and oxygen atoms in total. The minimum absolute atomic E-state index is 0.476. The summed E-state index contributed by atoms with van der Waals surface area (Å²) in [6, 6.07) is 5.37. The summed E-state index contributed by atoms with van der Waals surface area (Å²) in [5.41, 5.74) is 0.819. The first-order valence-corrected chi connectivity index (χ1v) is 5.33. The molecule has 0 aliphatic rings. The molecule has 0 saturated heterocycles. The molecule has 1 aromatic carbocycles. The highest BCUT2D eigenvalue weighted by molar-refractivity contribution is 9.10. The Morgan fingerprint density at radius 3 is 2.40 bits per heavy atom. The first kappa shape index (κ1) is 10.4. The number of aromatic nitrogens is 4. The molecule has 2 rings (SSSR count). The van der Waals surface area contributed by atoms with Crippen LogP contribution in [0.2, 0.25) is 5.02 Å². The molecular formula is C9H6BrClN4. The minimum atomic E-state index is 0.476. The number of hydrogen-bond acceptors (Lipinski definition) is 4. The molecule has 0 bridgehead atoms. The van der Waals surface area contributed by atoms with Gasteiger partial charge in [-0.1, -0.05) is 11.6 Å². The van der Waals surface area contributed by atoms with Gasteiger partial charge in [-0.15, -0.1) is 20.4 Å². The predicted octanol–water partition coefficient (Wildman–Crippen LogP) is 2.66. The zero-order valence-electron chi connectivity index (χ0n) is 7.78. The van der Waals surface area contributed by atoms with Crippen LogP contribution in [0.4, 0.5) is 0 Å². The molecule has 15 heavy (non-hydrogen) atoms. The maximum Gasteiger partial charge on any atom is 0.204 e. The SMILES string of the molecule is Cc1nnc(-c2ccc(Cl)cc2Br)nn1. The van der Waals surface area contributed by atoms with Gasteiger partial charge in [0, 0.05) is 15.1 Å². The van der Waals surface area contributed by atoms with Crippen LogP contribution in [0.3, 0.4) is 0 Å². The number of nitrogens with zero attached hydrogens (tertiary/aromatic N) is 4. The van der Waals surface area contributed by atoms with E-state index in [0.29, 0.717) is 16.7 Å². The van der Waals surface area contributed by atoms with Gasteiger partial charge in [0.25, 0.3) is 0 Å². The highest BCUT2D eigenvalue weighted by atomic mass is 79.9. The van der Waals surface area contributed by atoms with Crippen LogP contribution >= 0.6 is 27.5 Å². The van der Waals surface area contributed by atoms with Gasteiger partial charge in [-0.25, -0.2) is 0 Å². The number of aryl methyl sites for hydroxylation is 1. The largest absolute Gasteiger partial charge is 0.204 e. The summed E-state index contributed by atoms with van der Waals surface area (Å²) in [4.78, 5) is 0. The topological polar surface area (TPSA) is 51.6 Å². The van der Waals surface area contributed by atoms with Crippen molar-refractivity contribution in [3.63, 3.8) is 0 Å². The van der Waals surface area contributed by atoms with Gasteiger partial charge in [0.2, 0.25) is 5.82 Å². The molecule has 6 heteroatoms. The second kappa shape index (κ2) is 4.20. The molecule has 0 atom stereocenters. The van der Waals surface area contributed by atoms with E-state index in [4.69, 9.17) is 11.6 Å². The second-order valence-electron chi connectivity index (χ2n) is 2.89. The van der Waals surface area contributed by atoms with Gasteiger partial charge in [-0.05, 0) is 41.1 Å². The van der Waals surface area contributed by atoms with Crippen molar-refractivity contribution in [1.82, 2.24) is 20.4 Å². The quantitative estimate of drug-likeness (QED) is 0.808. The van der Waals surface area contributed by atoms with Gasteiger partial charge in [-0.2, -0.15) is 0 Å². The fourth-order valence-corrected chi connectivity index (χ4v) is 1.92. The third kappa shape index (κ3) is 2.30. The monoisotopic (exact) mass is 284 g/mol. The Kier molecular flexibility index (Phi) is 2.93. The summed E-state index contributed by atoms with van der Waals surface area (Å²) in [5.74, 6) is 1.02. The molecule has 0 aliphatic heterocycles. The van der Waals surface area contributed by atoms with Crippen molar-refractivity contribution >= 4 is 27.5 Å². The summed E-state index contributed by atoms with van der Waals surface area (Å²) in [6.07, 6.45) is 0. The van der Waals surface area contributed by atoms with Gasteiger partial charge in [0.1, 0.15) is 0 Å². The van der Waals surface area contributed by atoms with Crippen LogP contribution in [-0.2, 0) is 0 Å². The lowest BCUT2D eigenvalue weighted by Crippen LogP contribution is -1.98. The molecule has 0 radical (unpaired) electrons. The summed E-state index contributed by atoms with van der Waals surface area (Å²) in [5, 5.41) is 16.2. The number of benzene rings is 1. The second-order valence-corrected chi connectivity index (χ2v) is 4.19. The Morgan fingerprint density at radius 2 is 1.80 bits per heavy atom. The van der Waals surface area contributed by atoms with Crippen molar-refractivity contribution in [3.8, 4) is 11.4 Å². The third-order valence-electron chi connectivity index (χ3n) is 1.75. The Morgan fingerprint density at radius 1 is 1.13 bits per heavy atom. The van der Waals surface area contributed by atoms with Crippen molar-refractivity contribution in [2.45, 2.75) is 6.92 Å². The van der Waals surface area contributed by atoms with Gasteiger partial charge in [0.15, 0.2) is 5.82 Å². The minimum Gasteiger partial charge on any atom is -0.131 e. The highest BCUT2D eigenvalue weighted by Crippen LogP contribution is 2.27. The molecule has 0 N–H and O–H groups in total. The van der Waals surface area contributed by atoms with Crippen LogP contribution in [0, 0.1) is 6.92 Å². The summed E-state index contributed by atoms with van der Waals surface area (Å²) >= 11 is 9.21. The number of halogens is 2. The Labute approximate surface area is 99.8 Å². The van der Waals surface area contributed by atoms with Crippen LogP contribution in [0.5, 0.6) is 0 Å². The lowest BCUT2D eigenvalue weighted by Gasteiger charge is -2.01. The molecule has 1 heterocycles. The maximum atomic E-state index is 5.83. The Balaban J connectivity index is 2.49. The van der Waals surface area contributed by atoms with E-state index in [-0.39, 0.29) is 0 Å². The van der Waals surface area contributed by atoms with E-state index < -0.39 is 0 Å². The predicted molar refractivity (Wildman–Crippen MR) is 60.5 cm³/mol.